The predicted molar refractivity (Wildman–Crippen MR) is 141 cm³/mol. The lowest BCUT2D eigenvalue weighted by Crippen LogP contribution is -2.63. The van der Waals surface area contributed by atoms with Gasteiger partial charge in [0.25, 0.3) is 0 Å². The van der Waals surface area contributed by atoms with Crippen LogP contribution in [0.2, 0.25) is 13.1 Å². The third kappa shape index (κ3) is 5.52. The monoisotopic (exact) mass is 516 g/mol. The molecule has 198 valence electrons. The number of nitrogens with zero attached hydrogens (tertiary/aromatic N) is 2. The number of likely N-dealkylation sites (tertiary alicyclic amines) is 1. The average Bonchev–Trinajstić information content (AvgIpc) is 3.31. The molecule has 0 aliphatic carbocycles. The number of carboxylic acid groups (broad SMARTS) is 1. The maximum Gasteiger partial charge on any atom is 0.410 e. The number of hydrogen-bond donors (Lipinski definition) is 1. The van der Waals surface area contributed by atoms with E-state index in [4.69, 9.17) is 9.16 Å². The van der Waals surface area contributed by atoms with Crippen LogP contribution in [0.4, 0.5) is 4.79 Å². The van der Waals surface area contributed by atoms with Gasteiger partial charge in [-0.1, -0.05) is 51.7 Å². The molecule has 3 rings (SSSR count). The zero-order valence-electron chi connectivity index (χ0n) is 22.4. The number of amides is 2. The first-order valence-electron chi connectivity index (χ1n) is 12.6. The van der Waals surface area contributed by atoms with Gasteiger partial charge in [0, 0.05) is 13.2 Å². The molecule has 0 spiro atoms. The van der Waals surface area contributed by atoms with E-state index in [9.17, 15) is 19.5 Å². The fourth-order valence-electron chi connectivity index (χ4n) is 5.50. The van der Waals surface area contributed by atoms with Crippen LogP contribution in [0.15, 0.2) is 47.7 Å². The molecule has 4 atom stereocenters. The predicted octanol–water partition coefficient (Wildman–Crippen LogP) is 4.12. The SMILES string of the molecule is C=CCOC(=O)N1CC(=C)C[C@H]1C=C(C)C1=C(C(=O)O)N2C(=O)[C@@H]([C@@H](CO[SiH](C)C)C(C)(C)C)[C@H]2C1. The number of aliphatic carboxylic acids is 1. The van der Waals surface area contributed by atoms with Crippen LogP contribution in [0.1, 0.15) is 40.5 Å². The Kier molecular flexibility index (Phi) is 8.35. The molecule has 3 aliphatic heterocycles. The van der Waals surface area contributed by atoms with Crippen LogP contribution in [0, 0.1) is 17.3 Å². The maximum absolute atomic E-state index is 13.4. The van der Waals surface area contributed by atoms with Crippen molar-refractivity contribution in [1.82, 2.24) is 9.80 Å². The van der Waals surface area contributed by atoms with Crippen LogP contribution in [0.3, 0.4) is 0 Å². The fraction of sp³-hybridized carbons (Fsp3) is 0.593. The smallest absolute Gasteiger partial charge is 0.410 e. The molecular formula is C27H40N2O6Si. The summed E-state index contributed by atoms with van der Waals surface area (Å²) in [6.07, 6.45) is 4.01. The minimum atomic E-state index is -1.27. The molecule has 9 heteroatoms. The number of allylic oxidation sites excluding steroid dienone is 1. The first-order valence-corrected chi connectivity index (χ1v) is 15.4. The van der Waals surface area contributed by atoms with Gasteiger partial charge in [-0.2, -0.15) is 0 Å². The summed E-state index contributed by atoms with van der Waals surface area (Å²) in [5.74, 6) is -1.54. The molecule has 0 unspecified atom stereocenters. The Labute approximate surface area is 216 Å². The van der Waals surface area contributed by atoms with Crippen LogP contribution in [0.25, 0.3) is 0 Å². The van der Waals surface area contributed by atoms with Gasteiger partial charge in [0.2, 0.25) is 5.91 Å². The summed E-state index contributed by atoms with van der Waals surface area (Å²) >= 11 is 0. The maximum atomic E-state index is 13.4. The van der Waals surface area contributed by atoms with E-state index in [2.05, 4.69) is 47.0 Å². The zero-order valence-corrected chi connectivity index (χ0v) is 23.5. The van der Waals surface area contributed by atoms with Gasteiger partial charge in [0.1, 0.15) is 12.3 Å². The number of β-lactam (4-membered cyclic amide) rings is 1. The van der Waals surface area contributed by atoms with Crippen LogP contribution in [-0.2, 0) is 18.8 Å². The molecule has 0 bridgehead atoms. The second kappa shape index (κ2) is 10.8. The summed E-state index contributed by atoms with van der Waals surface area (Å²) in [5.41, 5.74) is 2.20. The molecule has 2 saturated heterocycles. The second-order valence-corrected chi connectivity index (χ2v) is 13.8. The summed E-state index contributed by atoms with van der Waals surface area (Å²) in [6.45, 7) is 21.0. The number of fused-ring (bicyclic) bond motifs is 1. The largest absolute Gasteiger partial charge is 0.477 e. The quantitative estimate of drug-likeness (QED) is 0.281. The second-order valence-electron chi connectivity index (χ2n) is 11.4. The standard InChI is InChI=1S/C27H40N2O6Si/c1-9-10-34-26(33)28-14-16(2)11-18(28)12-17(3)19-13-21-22(24(30)29(21)23(19)25(31)32)20(27(4,5)6)15-35-36(7)8/h9,12,18,20-22,36H,1-2,10-11,13-15H2,3-8H3,(H,31,32)/t18-,20+,21+,22-/m0/s1. The van der Waals surface area contributed by atoms with Crippen molar-refractivity contribution in [2.75, 3.05) is 19.8 Å². The highest BCUT2D eigenvalue weighted by atomic mass is 28.3. The highest BCUT2D eigenvalue weighted by molar-refractivity contribution is 6.48. The lowest BCUT2D eigenvalue weighted by atomic mass is 9.66. The minimum absolute atomic E-state index is 0.00638. The molecular weight excluding hydrogens is 476 g/mol. The Bertz CT molecular complexity index is 1010. The van der Waals surface area contributed by atoms with Crippen LogP contribution in [-0.4, -0.2) is 73.8 Å². The third-order valence-electron chi connectivity index (χ3n) is 7.34. The third-order valence-corrected chi connectivity index (χ3v) is 8.20. The Morgan fingerprint density at radius 2 is 1.94 bits per heavy atom. The van der Waals surface area contributed by atoms with Crippen molar-refractivity contribution in [2.24, 2.45) is 17.3 Å². The van der Waals surface area contributed by atoms with Crippen molar-refractivity contribution in [3.05, 3.63) is 47.7 Å². The molecule has 3 heterocycles. The summed E-state index contributed by atoms with van der Waals surface area (Å²) < 4.78 is 11.3. The average molecular weight is 517 g/mol. The Balaban J connectivity index is 1.88. The van der Waals surface area contributed by atoms with Gasteiger partial charge in [0.15, 0.2) is 9.04 Å². The van der Waals surface area contributed by atoms with Crippen LogP contribution >= 0.6 is 0 Å². The molecule has 0 radical (unpaired) electrons. The fourth-order valence-corrected chi connectivity index (χ4v) is 6.09. The van der Waals surface area contributed by atoms with E-state index in [1.165, 1.54) is 11.0 Å². The first kappa shape index (κ1) is 27.9. The van der Waals surface area contributed by atoms with Gasteiger partial charge in [-0.25, -0.2) is 9.59 Å². The Morgan fingerprint density at radius 3 is 2.50 bits per heavy atom. The van der Waals surface area contributed by atoms with E-state index in [-0.39, 0.29) is 47.5 Å². The number of carbonyl (C=O) groups is 3. The highest BCUT2D eigenvalue weighted by Gasteiger charge is 2.59. The van der Waals surface area contributed by atoms with Crippen molar-refractivity contribution in [1.29, 1.82) is 0 Å². The summed E-state index contributed by atoms with van der Waals surface area (Å²) in [7, 11) is -1.27. The summed E-state index contributed by atoms with van der Waals surface area (Å²) in [4.78, 5) is 41.3. The van der Waals surface area contributed by atoms with Crippen molar-refractivity contribution >= 4 is 27.0 Å². The zero-order chi connectivity index (χ0) is 26.9. The summed E-state index contributed by atoms with van der Waals surface area (Å²) in [5, 5.41) is 10.1. The lowest BCUT2D eigenvalue weighted by Gasteiger charge is -2.50. The molecule has 36 heavy (non-hydrogen) atoms. The molecule has 0 aromatic rings. The van der Waals surface area contributed by atoms with Crippen molar-refractivity contribution < 1.29 is 28.7 Å². The van der Waals surface area contributed by atoms with Crippen LogP contribution in [0.5, 0.6) is 0 Å². The van der Waals surface area contributed by atoms with Gasteiger partial charge >= 0.3 is 12.1 Å². The minimum Gasteiger partial charge on any atom is -0.477 e. The molecule has 2 fully saturated rings. The molecule has 1 N–H and O–H groups in total. The number of rotatable bonds is 9. The molecule has 0 saturated carbocycles. The number of carbonyl (C=O) groups excluding carboxylic acids is 2. The topological polar surface area (TPSA) is 96.4 Å². The Morgan fingerprint density at radius 1 is 1.28 bits per heavy atom. The van der Waals surface area contributed by atoms with E-state index >= 15 is 0 Å². The molecule has 3 aliphatic rings. The lowest BCUT2D eigenvalue weighted by molar-refractivity contribution is -0.162. The molecule has 2 amide bonds. The van der Waals surface area contributed by atoms with Gasteiger partial charge in [-0.15, -0.1) is 0 Å². The van der Waals surface area contributed by atoms with E-state index < -0.39 is 21.1 Å². The van der Waals surface area contributed by atoms with E-state index in [1.54, 1.807) is 4.90 Å². The summed E-state index contributed by atoms with van der Waals surface area (Å²) in [6, 6.07) is -0.486. The number of carboxylic acids is 1. The van der Waals surface area contributed by atoms with Gasteiger partial charge < -0.3 is 19.2 Å². The van der Waals surface area contributed by atoms with Gasteiger partial charge in [-0.05, 0) is 55.3 Å². The number of ether oxygens (including phenoxy) is 1. The van der Waals surface area contributed by atoms with E-state index in [0.29, 0.717) is 31.6 Å². The Hall–Kier alpha value is -2.65. The number of hydrogen-bond acceptors (Lipinski definition) is 5. The molecule has 0 aromatic heterocycles. The van der Waals surface area contributed by atoms with Crippen LogP contribution < -0.4 is 0 Å². The van der Waals surface area contributed by atoms with E-state index in [1.807, 2.05) is 13.0 Å². The van der Waals surface area contributed by atoms with E-state index in [0.717, 1.165) is 11.1 Å². The van der Waals surface area contributed by atoms with Gasteiger partial charge in [0.05, 0.1) is 18.0 Å². The molecule has 0 aromatic carbocycles. The van der Waals surface area contributed by atoms with Crippen molar-refractivity contribution in [2.45, 2.75) is 65.7 Å². The van der Waals surface area contributed by atoms with Crippen molar-refractivity contribution in [3.8, 4) is 0 Å². The highest BCUT2D eigenvalue weighted by Crippen LogP contribution is 2.50. The normalized spacial score (nSPS) is 25.3. The van der Waals surface area contributed by atoms with Gasteiger partial charge in [-0.3, -0.25) is 9.69 Å². The molecule has 8 nitrogen and oxygen atoms in total. The first-order chi connectivity index (χ1) is 16.8. The van der Waals surface area contributed by atoms with Crippen molar-refractivity contribution in [3.63, 3.8) is 0 Å².